The molecule has 0 saturated heterocycles. The highest BCUT2D eigenvalue weighted by atomic mass is 35.5. The van der Waals surface area contributed by atoms with Crippen molar-refractivity contribution in [2.24, 2.45) is 0 Å². The zero-order valence-electron chi connectivity index (χ0n) is 8.16. The van der Waals surface area contributed by atoms with Crippen molar-refractivity contribution in [3.63, 3.8) is 0 Å². The van der Waals surface area contributed by atoms with Crippen LogP contribution in [0.2, 0.25) is 0 Å². The normalized spacial score (nSPS) is 10.7. The van der Waals surface area contributed by atoms with E-state index < -0.39 is 0 Å². The van der Waals surface area contributed by atoms with Gasteiger partial charge in [0.2, 0.25) is 0 Å². The number of hydrogen-bond acceptors (Lipinski definition) is 2. The van der Waals surface area contributed by atoms with Gasteiger partial charge < -0.3 is 10.5 Å². The number of ether oxygens (including phenoxy) is 1. The molecule has 0 aliphatic rings. The van der Waals surface area contributed by atoms with Crippen LogP contribution in [0.3, 0.4) is 0 Å². The first-order valence-electron chi connectivity index (χ1n) is 4.54. The summed E-state index contributed by atoms with van der Waals surface area (Å²) < 4.78 is 5.38. The van der Waals surface area contributed by atoms with Gasteiger partial charge in [-0.2, -0.15) is 0 Å². The minimum Gasteiger partial charge on any atom is -0.487 e. The van der Waals surface area contributed by atoms with Crippen LogP contribution in [0.15, 0.2) is 29.8 Å². The Kier molecular flexibility index (Phi) is 4.33. The lowest BCUT2D eigenvalue weighted by molar-refractivity contribution is 0.365. The molecule has 0 saturated carbocycles. The predicted octanol–water partition coefficient (Wildman–Crippen LogP) is 2.96. The second-order valence-electron chi connectivity index (χ2n) is 2.90. The molecule has 1 aromatic carbocycles. The minimum atomic E-state index is 0.444. The third-order valence-corrected chi connectivity index (χ3v) is 2.08. The van der Waals surface area contributed by atoms with E-state index in [1.54, 1.807) is 6.08 Å². The second kappa shape index (κ2) is 5.55. The summed E-state index contributed by atoms with van der Waals surface area (Å²) in [6.07, 6.45) is 2.70. The van der Waals surface area contributed by atoms with Crippen molar-refractivity contribution >= 4 is 17.3 Å². The SMILES string of the molecule is CCc1ccc(OC/C=C/Cl)c(N)c1. The van der Waals surface area contributed by atoms with Crippen LogP contribution in [0.25, 0.3) is 0 Å². The summed E-state index contributed by atoms with van der Waals surface area (Å²) >= 11 is 5.36. The molecule has 0 unspecified atom stereocenters. The van der Waals surface area contributed by atoms with Gasteiger partial charge in [0.05, 0.1) is 5.69 Å². The van der Waals surface area contributed by atoms with Crippen molar-refractivity contribution in [2.75, 3.05) is 12.3 Å². The Labute approximate surface area is 89.3 Å². The molecule has 1 rings (SSSR count). The zero-order valence-corrected chi connectivity index (χ0v) is 8.92. The van der Waals surface area contributed by atoms with Crippen LogP contribution >= 0.6 is 11.6 Å². The molecular formula is C11H14ClNO. The molecule has 0 aromatic heterocycles. The summed E-state index contributed by atoms with van der Waals surface area (Å²) in [4.78, 5) is 0. The van der Waals surface area contributed by atoms with E-state index in [1.165, 1.54) is 11.1 Å². The van der Waals surface area contributed by atoms with Gasteiger partial charge in [-0.3, -0.25) is 0 Å². The van der Waals surface area contributed by atoms with E-state index in [0.717, 1.165) is 6.42 Å². The standard InChI is InChI=1S/C11H14ClNO/c1-2-9-4-5-11(10(13)8-9)14-7-3-6-12/h3-6,8H,2,7,13H2,1H3/b6-3+. The molecule has 76 valence electrons. The molecule has 0 radical (unpaired) electrons. The molecule has 0 aliphatic carbocycles. The van der Waals surface area contributed by atoms with Gasteiger partial charge in [0.1, 0.15) is 12.4 Å². The number of benzene rings is 1. The van der Waals surface area contributed by atoms with Gasteiger partial charge in [-0.05, 0) is 30.2 Å². The monoisotopic (exact) mass is 211 g/mol. The Morgan fingerprint density at radius 1 is 1.50 bits per heavy atom. The number of nitrogen functional groups attached to an aromatic ring is 1. The van der Waals surface area contributed by atoms with E-state index in [1.807, 2.05) is 18.2 Å². The van der Waals surface area contributed by atoms with E-state index in [4.69, 9.17) is 22.1 Å². The Morgan fingerprint density at radius 2 is 2.29 bits per heavy atom. The summed E-state index contributed by atoms with van der Waals surface area (Å²) in [5.41, 5.74) is 9.11. The van der Waals surface area contributed by atoms with Crippen molar-refractivity contribution in [3.8, 4) is 5.75 Å². The highest BCUT2D eigenvalue weighted by molar-refractivity contribution is 6.25. The molecular weight excluding hydrogens is 198 g/mol. The Balaban J connectivity index is 2.68. The summed E-state index contributed by atoms with van der Waals surface area (Å²) in [6.45, 7) is 2.53. The first-order valence-corrected chi connectivity index (χ1v) is 4.98. The molecule has 0 bridgehead atoms. The summed E-state index contributed by atoms with van der Waals surface area (Å²) in [5, 5.41) is 0. The van der Waals surface area contributed by atoms with Crippen molar-refractivity contribution in [1.29, 1.82) is 0 Å². The van der Waals surface area contributed by atoms with Crippen LogP contribution in [0.4, 0.5) is 5.69 Å². The Hall–Kier alpha value is -1.15. The van der Waals surface area contributed by atoms with E-state index in [-0.39, 0.29) is 0 Å². The van der Waals surface area contributed by atoms with Gasteiger partial charge >= 0.3 is 0 Å². The van der Waals surface area contributed by atoms with E-state index >= 15 is 0 Å². The number of hydrogen-bond donors (Lipinski definition) is 1. The van der Waals surface area contributed by atoms with Crippen molar-refractivity contribution in [2.45, 2.75) is 13.3 Å². The van der Waals surface area contributed by atoms with Gasteiger partial charge in [0, 0.05) is 5.54 Å². The molecule has 0 atom stereocenters. The van der Waals surface area contributed by atoms with Crippen LogP contribution in [0.1, 0.15) is 12.5 Å². The van der Waals surface area contributed by atoms with Crippen molar-refractivity contribution < 1.29 is 4.74 Å². The summed E-state index contributed by atoms with van der Waals surface area (Å²) in [5.74, 6) is 0.706. The first kappa shape index (κ1) is 10.9. The van der Waals surface area contributed by atoms with Gasteiger partial charge in [0.15, 0.2) is 0 Å². The maximum atomic E-state index is 5.80. The van der Waals surface area contributed by atoms with E-state index in [0.29, 0.717) is 18.0 Å². The molecule has 0 spiro atoms. The van der Waals surface area contributed by atoms with Crippen LogP contribution in [-0.4, -0.2) is 6.61 Å². The van der Waals surface area contributed by atoms with Gasteiger partial charge in [-0.1, -0.05) is 24.6 Å². The summed E-state index contributed by atoms with van der Waals surface area (Å²) in [7, 11) is 0. The summed E-state index contributed by atoms with van der Waals surface area (Å²) in [6, 6.07) is 5.83. The third kappa shape index (κ3) is 2.96. The highest BCUT2D eigenvalue weighted by Gasteiger charge is 1.99. The maximum Gasteiger partial charge on any atom is 0.142 e. The molecule has 1 aromatic rings. The smallest absolute Gasteiger partial charge is 0.142 e. The third-order valence-electron chi connectivity index (χ3n) is 1.91. The largest absolute Gasteiger partial charge is 0.487 e. The fraction of sp³-hybridized carbons (Fsp3) is 0.273. The molecule has 3 heteroatoms. The molecule has 14 heavy (non-hydrogen) atoms. The number of nitrogens with two attached hydrogens (primary N) is 1. The van der Waals surface area contributed by atoms with E-state index in [2.05, 4.69) is 6.92 Å². The lowest BCUT2D eigenvalue weighted by Crippen LogP contribution is -1.98. The van der Waals surface area contributed by atoms with Crippen LogP contribution in [0, 0.1) is 0 Å². The molecule has 0 amide bonds. The average Bonchev–Trinajstić information content (AvgIpc) is 2.20. The highest BCUT2D eigenvalue weighted by Crippen LogP contribution is 2.22. The van der Waals surface area contributed by atoms with Crippen molar-refractivity contribution in [1.82, 2.24) is 0 Å². The second-order valence-corrected chi connectivity index (χ2v) is 3.15. The Morgan fingerprint density at radius 3 is 2.86 bits per heavy atom. The lowest BCUT2D eigenvalue weighted by Gasteiger charge is -2.07. The van der Waals surface area contributed by atoms with Crippen LogP contribution < -0.4 is 10.5 Å². The van der Waals surface area contributed by atoms with Gasteiger partial charge in [-0.25, -0.2) is 0 Å². The number of anilines is 1. The minimum absolute atomic E-state index is 0.444. The predicted molar refractivity (Wildman–Crippen MR) is 60.7 cm³/mol. The zero-order chi connectivity index (χ0) is 10.4. The van der Waals surface area contributed by atoms with Gasteiger partial charge in [-0.15, -0.1) is 0 Å². The fourth-order valence-corrected chi connectivity index (χ4v) is 1.20. The lowest BCUT2D eigenvalue weighted by atomic mass is 10.1. The van der Waals surface area contributed by atoms with Crippen LogP contribution in [0.5, 0.6) is 5.75 Å². The number of halogens is 1. The molecule has 0 fully saturated rings. The topological polar surface area (TPSA) is 35.2 Å². The molecule has 2 nitrogen and oxygen atoms in total. The number of aryl methyl sites for hydroxylation is 1. The quantitative estimate of drug-likeness (QED) is 0.778. The Bertz CT molecular complexity index is 323. The number of rotatable bonds is 4. The fourth-order valence-electron chi connectivity index (χ4n) is 1.12. The maximum absolute atomic E-state index is 5.80. The molecule has 0 heterocycles. The molecule has 0 aliphatic heterocycles. The average molecular weight is 212 g/mol. The first-order chi connectivity index (χ1) is 6.77. The van der Waals surface area contributed by atoms with E-state index in [9.17, 15) is 0 Å². The van der Waals surface area contributed by atoms with Gasteiger partial charge in [0.25, 0.3) is 0 Å². The van der Waals surface area contributed by atoms with Crippen molar-refractivity contribution in [3.05, 3.63) is 35.4 Å². The molecule has 2 N–H and O–H groups in total. The van der Waals surface area contributed by atoms with Crippen LogP contribution in [-0.2, 0) is 6.42 Å².